The van der Waals surface area contributed by atoms with Gasteiger partial charge in [0.25, 0.3) is 5.91 Å². The minimum absolute atomic E-state index is 0.0610. The third-order valence-corrected chi connectivity index (χ3v) is 5.29. The van der Waals surface area contributed by atoms with Gasteiger partial charge in [-0.3, -0.25) is 4.79 Å². The van der Waals surface area contributed by atoms with E-state index >= 15 is 0 Å². The summed E-state index contributed by atoms with van der Waals surface area (Å²) in [4.78, 5) is 16.7. The van der Waals surface area contributed by atoms with Gasteiger partial charge in [-0.2, -0.15) is 0 Å². The number of fused-ring (bicyclic) bond motifs is 1. The van der Waals surface area contributed by atoms with E-state index in [2.05, 4.69) is 20.4 Å². The van der Waals surface area contributed by atoms with Crippen LogP contribution in [0.4, 0.5) is 13.2 Å². The summed E-state index contributed by atoms with van der Waals surface area (Å²) >= 11 is 0. The molecule has 1 amide bonds. The number of hydrogen-bond donors (Lipinski definition) is 2. The van der Waals surface area contributed by atoms with Gasteiger partial charge in [-0.1, -0.05) is 0 Å². The molecule has 1 aromatic heterocycles. The molecule has 1 saturated heterocycles. The van der Waals surface area contributed by atoms with Crippen LogP contribution < -0.4 is 15.4 Å². The van der Waals surface area contributed by atoms with Crippen molar-refractivity contribution < 1.29 is 22.7 Å². The average Bonchev–Trinajstić information content (AvgIpc) is 3.34. The largest absolute Gasteiger partial charge is 0.573 e. The molecule has 0 radical (unpaired) electrons. The lowest BCUT2D eigenvalue weighted by Crippen LogP contribution is -2.37. The van der Waals surface area contributed by atoms with E-state index in [0.717, 1.165) is 37.8 Å². The van der Waals surface area contributed by atoms with Gasteiger partial charge >= 0.3 is 6.36 Å². The van der Waals surface area contributed by atoms with Crippen LogP contribution >= 0.6 is 0 Å². The van der Waals surface area contributed by atoms with Crippen molar-refractivity contribution in [3.63, 3.8) is 0 Å². The molecule has 4 rings (SSSR count). The molecule has 2 aliphatic rings. The van der Waals surface area contributed by atoms with Crippen LogP contribution in [-0.2, 0) is 0 Å². The fourth-order valence-corrected chi connectivity index (χ4v) is 3.69. The molecule has 0 bridgehead atoms. The fraction of sp³-hybridized carbons (Fsp3) is 0.500. The number of hydrogen-bond acceptors (Lipinski definition) is 4. The Balaban J connectivity index is 1.68. The van der Waals surface area contributed by atoms with E-state index < -0.39 is 12.3 Å². The summed E-state index contributed by atoms with van der Waals surface area (Å²) in [5.74, 6) is -0.480. The van der Waals surface area contributed by atoms with Crippen LogP contribution in [0.3, 0.4) is 0 Å². The van der Waals surface area contributed by atoms with E-state index in [1.54, 1.807) is 13.0 Å². The molecule has 1 aliphatic carbocycles. The molecule has 8 heteroatoms. The highest BCUT2D eigenvalue weighted by Gasteiger charge is 2.34. The Bertz CT molecular complexity index is 904. The number of amides is 1. The molecule has 28 heavy (non-hydrogen) atoms. The number of rotatable bonds is 5. The molecule has 2 aromatic rings. The Morgan fingerprint density at radius 3 is 2.71 bits per heavy atom. The number of carbonyl (C=O) groups is 1. The Morgan fingerprint density at radius 1 is 1.29 bits per heavy atom. The standard InChI is InChI=1S/C20H22F3N3O2/c1-11-7-16(19(27)25-10-14-3-2-6-24-14)26-18-15(11)8-13(12-4-5-12)9-17(18)28-20(21,22)23/h7-9,12,14,24H,2-6,10H2,1H3,(H,25,27). The summed E-state index contributed by atoms with van der Waals surface area (Å²) < 4.78 is 43.1. The molecule has 150 valence electrons. The Labute approximate surface area is 160 Å². The van der Waals surface area contributed by atoms with E-state index in [1.165, 1.54) is 6.07 Å². The highest BCUT2D eigenvalue weighted by atomic mass is 19.4. The first-order valence-electron chi connectivity index (χ1n) is 9.53. The lowest BCUT2D eigenvalue weighted by atomic mass is 10.0. The molecule has 5 nitrogen and oxygen atoms in total. The summed E-state index contributed by atoms with van der Waals surface area (Å²) in [6.45, 7) is 3.16. The van der Waals surface area contributed by atoms with Crippen LogP contribution in [0.2, 0.25) is 0 Å². The second-order valence-electron chi connectivity index (χ2n) is 7.56. The molecule has 2 heterocycles. The smallest absolute Gasteiger partial charge is 0.403 e. The summed E-state index contributed by atoms with van der Waals surface area (Å²) in [6.07, 6.45) is -0.858. The number of alkyl halides is 3. The number of carbonyl (C=O) groups excluding carboxylic acids is 1. The summed E-state index contributed by atoms with van der Waals surface area (Å²) in [7, 11) is 0. The van der Waals surface area contributed by atoms with Gasteiger partial charge in [0.15, 0.2) is 5.75 Å². The van der Waals surface area contributed by atoms with Crippen molar-refractivity contribution in [2.75, 3.05) is 13.1 Å². The second kappa shape index (κ2) is 7.24. The Morgan fingerprint density at radius 2 is 2.07 bits per heavy atom. The summed E-state index contributed by atoms with van der Waals surface area (Å²) in [6, 6.07) is 5.11. The zero-order chi connectivity index (χ0) is 19.9. The normalized spacial score (nSPS) is 19.8. The number of nitrogens with one attached hydrogen (secondary N) is 2. The molecule has 1 aromatic carbocycles. The van der Waals surface area contributed by atoms with Crippen LogP contribution in [0, 0.1) is 6.92 Å². The van der Waals surface area contributed by atoms with E-state index in [-0.39, 0.29) is 28.9 Å². The molecule has 1 atom stereocenters. The maximum atomic E-state index is 12.9. The van der Waals surface area contributed by atoms with Gasteiger partial charge in [0.05, 0.1) is 0 Å². The molecule has 2 N–H and O–H groups in total. The molecule has 1 aliphatic heterocycles. The number of benzene rings is 1. The third-order valence-electron chi connectivity index (χ3n) is 5.29. The number of aryl methyl sites for hydroxylation is 1. The molecule has 0 spiro atoms. The first-order chi connectivity index (χ1) is 13.3. The van der Waals surface area contributed by atoms with E-state index in [4.69, 9.17) is 0 Å². The minimum atomic E-state index is -4.82. The Hall–Kier alpha value is -2.35. The fourth-order valence-electron chi connectivity index (χ4n) is 3.69. The van der Waals surface area contributed by atoms with Crippen LogP contribution in [-0.4, -0.2) is 36.4 Å². The maximum absolute atomic E-state index is 12.9. The van der Waals surface area contributed by atoms with E-state index in [1.807, 2.05) is 6.07 Å². The van der Waals surface area contributed by atoms with Crippen LogP contribution in [0.25, 0.3) is 10.9 Å². The predicted octanol–water partition coefficient (Wildman–Crippen LogP) is 3.80. The molecular weight excluding hydrogens is 371 g/mol. The average molecular weight is 393 g/mol. The number of nitrogens with zero attached hydrogens (tertiary/aromatic N) is 1. The van der Waals surface area contributed by atoms with Gasteiger partial charge in [-0.15, -0.1) is 13.2 Å². The second-order valence-corrected chi connectivity index (χ2v) is 7.56. The van der Waals surface area contributed by atoms with Gasteiger partial charge in [0, 0.05) is 18.0 Å². The van der Waals surface area contributed by atoms with Gasteiger partial charge in [-0.25, -0.2) is 4.98 Å². The van der Waals surface area contributed by atoms with Crippen molar-refractivity contribution >= 4 is 16.8 Å². The SMILES string of the molecule is Cc1cc(C(=O)NCC2CCCN2)nc2c(OC(F)(F)F)cc(C3CC3)cc12. The molecular formula is C20H22F3N3O2. The molecule has 1 unspecified atom stereocenters. The van der Waals surface area contributed by atoms with Crippen molar-refractivity contribution in [3.8, 4) is 5.75 Å². The zero-order valence-corrected chi connectivity index (χ0v) is 15.5. The quantitative estimate of drug-likeness (QED) is 0.811. The van der Waals surface area contributed by atoms with Crippen LogP contribution in [0.5, 0.6) is 5.75 Å². The van der Waals surface area contributed by atoms with Crippen molar-refractivity contribution in [1.29, 1.82) is 0 Å². The third kappa shape index (κ3) is 4.22. The highest BCUT2D eigenvalue weighted by molar-refractivity contribution is 5.97. The highest BCUT2D eigenvalue weighted by Crippen LogP contribution is 2.44. The van der Waals surface area contributed by atoms with E-state index in [0.29, 0.717) is 17.5 Å². The van der Waals surface area contributed by atoms with Crippen LogP contribution in [0.15, 0.2) is 18.2 Å². The van der Waals surface area contributed by atoms with Crippen molar-refractivity contribution in [2.24, 2.45) is 0 Å². The first kappa shape index (κ1) is 19.0. The monoisotopic (exact) mass is 393 g/mol. The van der Waals surface area contributed by atoms with Crippen molar-refractivity contribution in [2.45, 2.75) is 50.9 Å². The van der Waals surface area contributed by atoms with Gasteiger partial charge in [0.2, 0.25) is 0 Å². The number of pyridine rings is 1. The minimum Gasteiger partial charge on any atom is -0.403 e. The number of ether oxygens (including phenoxy) is 1. The zero-order valence-electron chi connectivity index (χ0n) is 15.5. The Kier molecular flexibility index (Phi) is 4.91. The predicted molar refractivity (Wildman–Crippen MR) is 98.5 cm³/mol. The lowest BCUT2D eigenvalue weighted by Gasteiger charge is -2.16. The lowest BCUT2D eigenvalue weighted by molar-refractivity contribution is -0.274. The number of aromatic nitrogens is 1. The molecule has 2 fully saturated rings. The van der Waals surface area contributed by atoms with Gasteiger partial charge in [0.1, 0.15) is 11.2 Å². The van der Waals surface area contributed by atoms with E-state index in [9.17, 15) is 18.0 Å². The maximum Gasteiger partial charge on any atom is 0.573 e. The van der Waals surface area contributed by atoms with Gasteiger partial charge in [-0.05, 0) is 74.4 Å². The topological polar surface area (TPSA) is 63.2 Å². The molecule has 1 saturated carbocycles. The summed E-state index contributed by atoms with van der Waals surface area (Å²) in [5, 5.41) is 6.68. The first-order valence-corrected chi connectivity index (χ1v) is 9.53. The number of halogens is 3. The van der Waals surface area contributed by atoms with Crippen molar-refractivity contribution in [3.05, 3.63) is 35.0 Å². The van der Waals surface area contributed by atoms with Gasteiger partial charge < -0.3 is 15.4 Å². The van der Waals surface area contributed by atoms with Crippen LogP contribution in [0.1, 0.15) is 53.2 Å². The summed E-state index contributed by atoms with van der Waals surface area (Å²) in [5.41, 5.74) is 1.67. The van der Waals surface area contributed by atoms with Crippen molar-refractivity contribution in [1.82, 2.24) is 15.6 Å².